The van der Waals surface area contributed by atoms with Gasteiger partial charge < -0.3 is 0 Å². The van der Waals surface area contributed by atoms with Crippen LogP contribution in [0.25, 0.3) is 0 Å². The van der Waals surface area contributed by atoms with Crippen molar-refractivity contribution in [1.29, 1.82) is 0 Å². The summed E-state index contributed by atoms with van der Waals surface area (Å²) >= 11 is 1.74. The van der Waals surface area contributed by atoms with Crippen LogP contribution < -0.4 is 0 Å². The van der Waals surface area contributed by atoms with Crippen LogP contribution >= 0.6 is 11.3 Å². The summed E-state index contributed by atoms with van der Waals surface area (Å²) < 4.78 is 0. The SMILES string of the molecule is C=CC(C)c1cnc(C)s1. The molecule has 1 aromatic heterocycles. The van der Waals surface area contributed by atoms with Gasteiger partial charge in [0.1, 0.15) is 0 Å². The van der Waals surface area contributed by atoms with Crippen molar-refractivity contribution in [2.75, 3.05) is 0 Å². The van der Waals surface area contributed by atoms with Crippen molar-refractivity contribution >= 4 is 11.3 Å². The summed E-state index contributed by atoms with van der Waals surface area (Å²) in [6.07, 6.45) is 3.86. The van der Waals surface area contributed by atoms with Gasteiger partial charge in [0.15, 0.2) is 0 Å². The van der Waals surface area contributed by atoms with Gasteiger partial charge in [-0.15, -0.1) is 17.9 Å². The van der Waals surface area contributed by atoms with E-state index in [0.717, 1.165) is 5.01 Å². The van der Waals surface area contributed by atoms with Gasteiger partial charge in [0.05, 0.1) is 5.01 Å². The number of hydrogen-bond donors (Lipinski definition) is 0. The third-order valence-corrected chi connectivity index (χ3v) is 2.56. The second kappa shape index (κ2) is 2.97. The average molecular weight is 153 g/mol. The predicted molar refractivity (Wildman–Crippen MR) is 45.5 cm³/mol. The maximum absolute atomic E-state index is 4.16. The fraction of sp³-hybridized carbons (Fsp3) is 0.375. The molecule has 0 bridgehead atoms. The molecule has 0 amide bonds. The van der Waals surface area contributed by atoms with E-state index < -0.39 is 0 Å². The number of aromatic nitrogens is 1. The minimum atomic E-state index is 0.450. The first-order valence-corrected chi connectivity index (χ1v) is 4.10. The summed E-state index contributed by atoms with van der Waals surface area (Å²) in [5, 5.41) is 1.13. The molecular weight excluding hydrogens is 142 g/mol. The Labute approximate surface area is 65.4 Å². The topological polar surface area (TPSA) is 12.9 Å². The summed E-state index contributed by atoms with van der Waals surface area (Å²) in [7, 11) is 0. The van der Waals surface area contributed by atoms with Crippen molar-refractivity contribution in [3.63, 3.8) is 0 Å². The lowest BCUT2D eigenvalue weighted by molar-refractivity contribution is 0.993. The van der Waals surface area contributed by atoms with Crippen molar-refractivity contribution < 1.29 is 0 Å². The van der Waals surface area contributed by atoms with Crippen molar-refractivity contribution in [2.24, 2.45) is 0 Å². The zero-order valence-electron chi connectivity index (χ0n) is 6.29. The normalized spacial score (nSPS) is 13.0. The monoisotopic (exact) mass is 153 g/mol. The molecule has 0 fully saturated rings. The highest BCUT2D eigenvalue weighted by atomic mass is 32.1. The van der Waals surface area contributed by atoms with E-state index in [1.165, 1.54) is 4.88 Å². The summed E-state index contributed by atoms with van der Waals surface area (Å²) in [5.41, 5.74) is 0. The summed E-state index contributed by atoms with van der Waals surface area (Å²) in [5.74, 6) is 0.450. The van der Waals surface area contributed by atoms with E-state index in [1.807, 2.05) is 19.2 Å². The Morgan fingerprint density at radius 3 is 2.90 bits per heavy atom. The first kappa shape index (κ1) is 7.48. The molecule has 10 heavy (non-hydrogen) atoms. The Bertz CT molecular complexity index is 227. The van der Waals surface area contributed by atoms with E-state index >= 15 is 0 Å². The molecule has 1 rings (SSSR count). The lowest BCUT2D eigenvalue weighted by atomic mass is 10.2. The van der Waals surface area contributed by atoms with E-state index in [-0.39, 0.29) is 0 Å². The zero-order chi connectivity index (χ0) is 7.56. The van der Waals surface area contributed by atoms with E-state index in [2.05, 4.69) is 18.5 Å². The fourth-order valence-electron chi connectivity index (χ4n) is 0.704. The Hall–Kier alpha value is -0.630. The van der Waals surface area contributed by atoms with Crippen LogP contribution in [0.5, 0.6) is 0 Å². The molecule has 0 aliphatic heterocycles. The first-order chi connectivity index (χ1) is 4.74. The molecule has 1 unspecified atom stereocenters. The second-order valence-corrected chi connectivity index (χ2v) is 3.57. The quantitative estimate of drug-likeness (QED) is 0.595. The fourth-order valence-corrected chi connectivity index (χ4v) is 1.54. The molecule has 0 radical (unpaired) electrons. The summed E-state index contributed by atoms with van der Waals surface area (Å²) in [6, 6.07) is 0. The van der Waals surface area contributed by atoms with Crippen LogP contribution in [-0.2, 0) is 0 Å². The largest absolute Gasteiger partial charge is 0.250 e. The standard InChI is InChI=1S/C8H11NS/c1-4-6(2)8-5-9-7(3)10-8/h4-6H,1H2,2-3H3. The lowest BCUT2D eigenvalue weighted by Gasteiger charge is -1.97. The van der Waals surface area contributed by atoms with Crippen LogP contribution in [0.15, 0.2) is 18.9 Å². The Morgan fingerprint density at radius 1 is 1.80 bits per heavy atom. The minimum absolute atomic E-state index is 0.450. The van der Waals surface area contributed by atoms with Gasteiger partial charge in [-0.3, -0.25) is 0 Å². The highest BCUT2D eigenvalue weighted by Gasteiger charge is 2.02. The van der Waals surface area contributed by atoms with Gasteiger partial charge in [0.25, 0.3) is 0 Å². The third kappa shape index (κ3) is 1.45. The number of nitrogens with zero attached hydrogens (tertiary/aromatic N) is 1. The Morgan fingerprint density at radius 2 is 2.50 bits per heavy atom. The van der Waals surface area contributed by atoms with Gasteiger partial charge >= 0.3 is 0 Å². The number of hydrogen-bond acceptors (Lipinski definition) is 2. The van der Waals surface area contributed by atoms with Gasteiger partial charge in [-0.2, -0.15) is 0 Å². The van der Waals surface area contributed by atoms with Crippen LogP contribution in [0, 0.1) is 6.92 Å². The summed E-state index contributed by atoms with van der Waals surface area (Å²) in [4.78, 5) is 5.46. The molecule has 54 valence electrons. The molecule has 2 heteroatoms. The molecule has 0 aliphatic carbocycles. The van der Waals surface area contributed by atoms with Crippen LogP contribution in [0.1, 0.15) is 22.7 Å². The van der Waals surface area contributed by atoms with E-state index in [4.69, 9.17) is 0 Å². The zero-order valence-corrected chi connectivity index (χ0v) is 7.11. The van der Waals surface area contributed by atoms with Crippen molar-refractivity contribution in [3.05, 3.63) is 28.7 Å². The lowest BCUT2D eigenvalue weighted by Crippen LogP contribution is -1.80. The molecule has 0 aliphatic rings. The van der Waals surface area contributed by atoms with Crippen molar-refractivity contribution in [2.45, 2.75) is 19.8 Å². The van der Waals surface area contributed by atoms with Crippen LogP contribution in [0.4, 0.5) is 0 Å². The molecule has 0 saturated heterocycles. The van der Waals surface area contributed by atoms with Gasteiger partial charge in [-0.05, 0) is 6.92 Å². The van der Waals surface area contributed by atoms with Gasteiger partial charge in [-0.25, -0.2) is 4.98 Å². The van der Waals surface area contributed by atoms with Gasteiger partial charge in [0.2, 0.25) is 0 Å². The molecule has 0 spiro atoms. The highest BCUT2D eigenvalue weighted by molar-refractivity contribution is 7.11. The molecule has 1 nitrogen and oxygen atoms in total. The minimum Gasteiger partial charge on any atom is -0.250 e. The number of allylic oxidation sites excluding steroid dienone is 1. The Balaban J connectivity index is 2.84. The number of rotatable bonds is 2. The highest BCUT2D eigenvalue weighted by Crippen LogP contribution is 2.21. The van der Waals surface area contributed by atoms with Crippen LogP contribution in [0.2, 0.25) is 0 Å². The molecule has 0 saturated carbocycles. The molecular formula is C8H11NS. The van der Waals surface area contributed by atoms with Crippen LogP contribution in [0.3, 0.4) is 0 Å². The molecule has 1 heterocycles. The van der Waals surface area contributed by atoms with E-state index in [1.54, 1.807) is 11.3 Å². The number of aryl methyl sites for hydroxylation is 1. The molecule has 0 aromatic carbocycles. The average Bonchev–Trinajstić information content (AvgIpc) is 2.34. The first-order valence-electron chi connectivity index (χ1n) is 3.29. The maximum Gasteiger partial charge on any atom is 0.0896 e. The molecule has 0 N–H and O–H groups in total. The van der Waals surface area contributed by atoms with Crippen molar-refractivity contribution in [1.82, 2.24) is 4.98 Å². The maximum atomic E-state index is 4.16. The van der Waals surface area contributed by atoms with E-state index in [9.17, 15) is 0 Å². The molecule has 1 atom stereocenters. The third-order valence-electron chi connectivity index (χ3n) is 1.44. The number of thiazole rings is 1. The summed E-state index contributed by atoms with van der Waals surface area (Å²) in [6.45, 7) is 7.87. The van der Waals surface area contributed by atoms with Gasteiger partial charge in [-0.1, -0.05) is 13.0 Å². The van der Waals surface area contributed by atoms with E-state index in [0.29, 0.717) is 5.92 Å². The molecule has 1 aromatic rings. The smallest absolute Gasteiger partial charge is 0.0896 e. The predicted octanol–water partition coefficient (Wildman–Crippen LogP) is 2.74. The Kier molecular flexibility index (Phi) is 2.22. The van der Waals surface area contributed by atoms with Crippen molar-refractivity contribution in [3.8, 4) is 0 Å². The van der Waals surface area contributed by atoms with Gasteiger partial charge in [0, 0.05) is 17.0 Å². The second-order valence-electron chi connectivity index (χ2n) is 2.31. The van der Waals surface area contributed by atoms with Crippen LogP contribution in [-0.4, -0.2) is 4.98 Å².